The molecule has 1 N–H and O–H groups in total. The maximum atomic E-state index is 12.2. The number of pyridine rings is 1. The summed E-state index contributed by atoms with van der Waals surface area (Å²) in [6, 6.07) is 12.6. The number of carbonyl (C=O) groups excluding carboxylic acids is 1. The Morgan fingerprint density at radius 3 is 2.70 bits per heavy atom. The van der Waals surface area contributed by atoms with E-state index in [0.717, 1.165) is 11.1 Å². The van der Waals surface area contributed by atoms with Crippen LogP contribution in [0.4, 0.5) is 0 Å². The number of nitrogens with zero attached hydrogens (tertiary/aromatic N) is 3. The highest BCUT2D eigenvalue weighted by Crippen LogP contribution is 2.20. The number of carbonyl (C=O) groups is 1. The first-order chi connectivity index (χ1) is 11.2. The average molecular weight is 325 g/mol. The first-order valence-electron chi connectivity index (χ1n) is 6.97. The summed E-state index contributed by atoms with van der Waals surface area (Å²) in [5.41, 5.74) is 2.76. The van der Waals surface area contributed by atoms with Gasteiger partial charge in [0, 0.05) is 29.5 Å². The summed E-state index contributed by atoms with van der Waals surface area (Å²) >= 11 is 5.99. The van der Waals surface area contributed by atoms with Gasteiger partial charge in [0.1, 0.15) is 12.0 Å². The van der Waals surface area contributed by atoms with Crippen LogP contribution in [0, 0.1) is 0 Å². The molecule has 5 nitrogen and oxygen atoms in total. The van der Waals surface area contributed by atoms with E-state index >= 15 is 0 Å². The van der Waals surface area contributed by atoms with E-state index < -0.39 is 0 Å². The maximum absolute atomic E-state index is 12.2. The van der Waals surface area contributed by atoms with Gasteiger partial charge in [-0.15, -0.1) is 0 Å². The van der Waals surface area contributed by atoms with Crippen LogP contribution >= 0.6 is 11.6 Å². The van der Waals surface area contributed by atoms with E-state index in [4.69, 9.17) is 11.6 Å². The second-order valence-corrected chi connectivity index (χ2v) is 5.27. The van der Waals surface area contributed by atoms with Crippen LogP contribution in [0.15, 0.2) is 61.2 Å². The molecule has 0 saturated carbocycles. The number of hydrogen-bond donors (Lipinski definition) is 1. The largest absolute Gasteiger partial charge is 0.347 e. The second kappa shape index (κ2) is 6.98. The van der Waals surface area contributed by atoms with Crippen LogP contribution in [0.3, 0.4) is 0 Å². The summed E-state index contributed by atoms with van der Waals surface area (Å²) in [7, 11) is 0. The topological polar surface area (TPSA) is 67.8 Å². The monoisotopic (exact) mass is 324 g/mol. The molecule has 23 heavy (non-hydrogen) atoms. The Morgan fingerprint density at radius 2 is 1.91 bits per heavy atom. The predicted octanol–water partition coefficient (Wildman–Crippen LogP) is 3.12. The molecule has 2 aromatic heterocycles. The van der Waals surface area contributed by atoms with E-state index in [0.29, 0.717) is 23.0 Å². The number of halogens is 1. The van der Waals surface area contributed by atoms with E-state index in [2.05, 4.69) is 20.3 Å². The molecule has 0 atom stereocenters. The molecule has 0 bridgehead atoms. The van der Waals surface area contributed by atoms with Crippen LogP contribution in [0.1, 0.15) is 16.1 Å². The zero-order chi connectivity index (χ0) is 16.1. The van der Waals surface area contributed by atoms with E-state index in [1.165, 1.54) is 6.33 Å². The van der Waals surface area contributed by atoms with E-state index in [9.17, 15) is 4.79 Å². The molecule has 2 heterocycles. The molecule has 0 aliphatic carbocycles. The minimum absolute atomic E-state index is 0.257. The first-order valence-corrected chi connectivity index (χ1v) is 7.35. The van der Waals surface area contributed by atoms with Gasteiger partial charge in [-0.25, -0.2) is 9.97 Å². The van der Waals surface area contributed by atoms with Gasteiger partial charge in [-0.05, 0) is 35.9 Å². The molecule has 1 aromatic carbocycles. The highest BCUT2D eigenvalue weighted by molar-refractivity contribution is 6.30. The Balaban J connectivity index is 1.75. The van der Waals surface area contributed by atoms with Crippen molar-refractivity contribution in [2.24, 2.45) is 0 Å². The number of nitrogens with one attached hydrogen (secondary N) is 1. The summed E-state index contributed by atoms with van der Waals surface area (Å²) in [6.07, 6.45) is 4.74. The van der Waals surface area contributed by atoms with Gasteiger partial charge in [0.05, 0.1) is 5.69 Å². The highest BCUT2D eigenvalue weighted by Gasteiger charge is 2.09. The van der Waals surface area contributed by atoms with Crippen molar-refractivity contribution in [1.29, 1.82) is 0 Å². The fourth-order valence-electron chi connectivity index (χ4n) is 2.06. The third-order valence-corrected chi connectivity index (χ3v) is 3.46. The van der Waals surface area contributed by atoms with Gasteiger partial charge in [0.15, 0.2) is 0 Å². The molecule has 0 aliphatic heterocycles. The minimum Gasteiger partial charge on any atom is -0.347 e. The lowest BCUT2D eigenvalue weighted by atomic mass is 10.1. The average Bonchev–Trinajstić information content (AvgIpc) is 2.61. The number of rotatable bonds is 4. The molecule has 0 unspecified atom stereocenters. The van der Waals surface area contributed by atoms with Crippen LogP contribution < -0.4 is 5.32 Å². The Labute approximate surface area is 138 Å². The van der Waals surface area contributed by atoms with Crippen LogP contribution in [0.5, 0.6) is 0 Å². The lowest BCUT2D eigenvalue weighted by Crippen LogP contribution is -2.23. The summed E-state index contributed by atoms with van der Waals surface area (Å²) in [5.74, 6) is -0.257. The van der Waals surface area contributed by atoms with E-state index in [1.807, 2.05) is 24.3 Å². The van der Waals surface area contributed by atoms with Crippen molar-refractivity contribution >= 4 is 17.5 Å². The van der Waals surface area contributed by atoms with Crippen molar-refractivity contribution in [2.45, 2.75) is 6.54 Å². The standard InChI is InChI=1S/C17H13ClN4O/c18-14-3-1-2-13(8-14)15-9-16(22-11-21-15)17(23)20-10-12-4-6-19-7-5-12/h1-9,11H,10H2,(H,20,23). The summed E-state index contributed by atoms with van der Waals surface area (Å²) < 4.78 is 0. The van der Waals surface area contributed by atoms with Crippen molar-refractivity contribution in [3.63, 3.8) is 0 Å². The van der Waals surface area contributed by atoms with Crippen molar-refractivity contribution in [2.75, 3.05) is 0 Å². The van der Waals surface area contributed by atoms with E-state index in [1.54, 1.807) is 30.6 Å². The van der Waals surface area contributed by atoms with Crippen LogP contribution in [0.2, 0.25) is 5.02 Å². The molecule has 0 radical (unpaired) electrons. The van der Waals surface area contributed by atoms with Crippen LogP contribution in [0.25, 0.3) is 11.3 Å². The Kier molecular flexibility index (Phi) is 4.59. The van der Waals surface area contributed by atoms with Crippen molar-refractivity contribution < 1.29 is 4.79 Å². The summed E-state index contributed by atoms with van der Waals surface area (Å²) in [4.78, 5) is 24.4. The summed E-state index contributed by atoms with van der Waals surface area (Å²) in [6.45, 7) is 0.415. The van der Waals surface area contributed by atoms with Gasteiger partial charge < -0.3 is 5.32 Å². The SMILES string of the molecule is O=C(NCc1ccncc1)c1cc(-c2cccc(Cl)c2)ncn1. The van der Waals surface area contributed by atoms with Gasteiger partial charge in [0.25, 0.3) is 5.91 Å². The molecule has 114 valence electrons. The van der Waals surface area contributed by atoms with Gasteiger partial charge in [-0.2, -0.15) is 0 Å². The lowest BCUT2D eigenvalue weighted by molar-refractivity contribution is 0.0946. The Morgan fingerprint density at radius 1 is 1.09 bits per heavy atom. The molecule has 6 heteroatoms. The smallest absolute Gasteiger partial charge is 0.270 e. The minimum atomic E-state index is -0.257. The van der Waals surface area contributed by atoms with Gasteiger partial charge in [0.2, 0.25) is 0 Å². The van der Waals surface area contributed by atoms with Gasteiger partial charge in [-0.3, -0.25) is 9.78 Å². The van der Waals surface area contributed by atoms with Crippen LogP contribution in [-0.4, -0.2) is 20.9 Å². The lowest BCUT2D eigenvalue weighted by Gasteiger charge is -2.06. The molecule has 3 rings (SSSR count). The predicted molar refractivity (Wildman–Crippen MR) is 87.9 cm³/mol. The maximum Gasteiger partial charge on any atom is 0.270 e. The van der Waals surface area contributed by atoms with Crippen molar-refractivity contribution in [3.8, 4) is 11.3 Å². The third-order valence-electron chi connectivity index (χ3n) is 3.22. The molecule has 1 amide bonds. The Bertz CT molecular complexity index is 824. The molecule has 0 fully saturated rings. The zero-order valence-corrected chi connectivity index (χ0v) is 12.9. The quantitative estimate of drug-likeness (QED) is 0.800. The van der Waals surface area contributed by atoms with Gasteiger partial charge >= 0.3 is 0 Å². The third kappa shape index (κ3) is 3.90. The Hall–Kier alpha value is -2.79. The van der Waals surface area contributed by atoms with Crippen LogP contribution in [-0.2, 0) is 6.54 Å². The van der Waals surface area contributed by atoms with Gasteiger partial charge in [-0.1, -0.05) is 23.7 Å². The van der Waals surface area contributed by atoms with Crippen molar-refractivity contribution in [3.05, 3.63) is 77.5 Å². The van der Waals surface area contributed by atoms with Crippen molar-refractivity contribution in [1.82, 2.24) is 20.3 Å². The fourth-order valence-corrected chi connectivity index (χ4v) is 2.25. The molecule has 0 saturated heterocycles. The molecule has 0 aliphatic rings. The molecular formula is C17H13ClN4O. The number of hydrogen-bond acceptors (Lipinski definition) is 4. The number of benzene rings is 1. The fraction of sp³-hybridized carbons (Fsp3) is 0.0588. The second-order valence-electron chi connectivity index (χ2n) is 4.84. The number of aromatic nitrogens is 3. The normalized spacial score (nSPS) is 10.3. The molecule has 0 spiro atoms. The van der Waals surface area contributed by atoms with E-state index in [-0.39, 0.29) is 5.91 Å². The first kappa shape index (κ1) is 15.1. The molecular weight excluding hydrogens is 312 g/mol. The number of amides is 1. The molecule has 3 aromatic rings. The summed E-state index contributed by atoms with van der Waals surface area (Å²) in [5, 5.41) is 3.44. The highest BCUT2D eigenvalue weighted by atomic mass is 35.5. The zero-order valence-electron chi connectivity index (χ0n) is 12.1.